The number of amides is 2. The molecule has 1 aliphatic rings. The molecule has 0 aliphatic carbocycles. The molecule has 8 heteroatoms. The zero-order valence-electron chi connectivity index (χ0n) is 20.3. The Bertz CT molecular complexity index is 1360. The van der Waals surface area contributed by atoms with Gasteiger partial charge in [0.25, 0.3) is 0 Å². The Balaban J connectivity index is 1.47. The number of thiazole rings is 1. The van der Waals surface area contributed by atoms with E-state index in [0.717, 1.165) is 44.9 Å². The van der Waals surface area contributed by atoms with E-state index in [9.17, 15) is 9.59 Å². The minimum Gasteiger partial charge on any atom is -0.339 e. The molecule has 2 N–H and O–H groups in total. The maximum absolute atomic E-state index is 13.9. The summed E-state index contributed by atoms with van der Waals surface area (Å²) in [5, 5.41) is 6.80. The van der Waals surface area contributed by atoms with Gasteiger partial charge >= 0.3 is 0 Å². The van der Waals surface area contributed by atoms with Gasteiger partial charge < -0.3 is 15.5 Å². The van der Waals surface area contributed by atoms with E-state index in [1.807, 2.05) is 65.7 Å². The molecule has 184 valence electrons. The first kappa shape index (κ1) is 24.1. The van der Waals surface area contributed by atoms with Gasteiger partial charge in [-0.15, -0.1) is 0 Å². The van der Waals surface area contributed by atoms with E-state index in [0.29, 0.717) is 6.54 Å². The quantitative estimate of drug-likeness (QED) is 0.391. The van der Waals surface area contributed by atoms with Crippen LogP contribution in [0.25, 0.3) is 21.5 Å². The number of likely N-dealkylation sites (N-methyl/N-ethyl adjacent to an activating group) is 1. The molecule has 5 rings (SSSR count). The highest BCUT2D eigenvalue weighted by Gasteiger charge is 2.37. The van der Waals surface area contributed by atoms with Crippen molar-refractivity contribution in [2.24, 2.45) is 0 Å². The van der Waals surface area contributed by atoms with Gasteiger partial charge in [0, 0.05) is 18.3 Å². The maximum atomic E-state index is 13.9. The lowest BCUT2D eigenvalue weighted by molar-refractivity contribution is -0.137. The summed E-state index contributed by atoms with van der Waals surface area (Å²) < 4.78 is 0. The van der Waals surface area contributed by atoms with Crippen molar-refractivity contribution in [3.8, 4) is 11.1 Å². The highest BCUT2D eigenvalue weighted by Crippen LogP contribution is 2.39. The van der Waals surface area contributed by atoms with Crippen LogP contribution in [0.3, 0.4) is 0 Å². The van der Waals surface area contributed by atoms with E-state index < -0.39 is 12.1 Å². The van der Waals surface area contributed by atoms with Crippen molar-refractivity contribution in [3.05, 3.63) is 83.5 Å². The lowest BCUT2D eigenvalue weighted by atomic mass is 10.0. The molecule has 0 unspecified atom stereocenters. The Morgan fingerprint density at radius 1 is 1.06 bits per heavy atom. The van der Waals surface area contributed by atoms with Crippen molar-refractivity contribution in [1.82, 2.24) is 25.5 Å². The van der Waals surface area contributed by atoms with Crippen LogP contribution in [0.4, 0.5) is 0 Å². The van der Waals surface area contributed by atoms with E-state index in [1.165, 1.54) is 0 Å². The Morgan fingerprint density at radius 2 is 1.78 bits per heavy atom. The van der Waals surface area contributed by atoms with Gasteiger partial charge in [0.2, 0.25) is 11.8 Å². The molecular weight excluding hydrogens is 470 g/mol. The van der Waals surface area contributed by atoms with Crippen LogP contribution in [-0.4, -0.2) is 46.3 Å². The molecule has 3 atom stereocenters. The molecule has 2 amide bonds. The number of hydrogen-bond acceptors (Lipinski definition) is 6. The number of carbonyl (C=O) groups is 2. The topological polar surface area (TPSA) is 87.2 Å². The van der Waals surface area contributed by atoms with Crippen molar-refractivity contribution in [3.63, 3.8) is 0 Å². The monoisotopic (exact) mass is 499 g/mol. The number of hydrogen-bond donors (Lipinski definition) is 2. The second-order valence-corrected chi connectivity index (χ2v) is 9.99. The smallest absolute Gasteiger partial charge is 0.250 e. The first-order valence-corrected chi connectivity index (χ1v) is 13.0. The third-order valence-electron chi connectivity index (χ3n) is 6.71. The molecule has 1 fully saturated rings. The summed E-state index contributed by atoms with van der Waals surface area (Å²) >= 11 is 1.54. The normalized spacial score (nSPS) is 17.2. The number of pyridine rings is 1. The number of nitrogens with one attached hydrogen (secondary N) is 2. The minimum absolute atomic E-state index is 0.115. The largest absolute Gasteiger partial charge is 0.339 e. The van der Waals surface area contributed by atoms with Gasteiger partial charge in [0.05, 0.1) is 12.1 Å². The molecule has 1 aliphatic heterocycles. The van der Waals surface area contributed by atoms with Gasteiger partial charge in [-0.05, 0) is 44.0 Å². The summed E-state index contributed by atoms with van der Waals surface area (Å²) in [4.78, 5) is 39.0. The molecule has 0 radical (unpaired) electrons. The minimum atomic E-state index is -0.762. The highest BCUT2D eigenvalue weighted by molar-refractivity contribution is 7.18. The number of rotatable bonds is 7. The lowest BCUT2D eigenvalue weighted by Crippen LogP contribution is -2.47. The van der Waals surface area contributed by atoms with E-state index in [1.54, 1.807) is 25.3 Å². The molecule has 1 saturated heterocycles. The number of fused-ring (bicyclic) bond motifs is 1. The standard InChI is InChI=1S/C28H29N5O2S/c1-18(29-2)25(34)31-23(20-12-7-4-8-13-20)28(35)33-17-9-14-22(33)26-32-24-21(15-16-30-27(24)36-26)19-10-5-3-6-11-19/h3-8,10-13,15-16,18,22-23,29H,9,14,17H2,1-2H3,(H,31,34)/t18-,22-,23-/m0/s1. The summed E-state index contributed by atoms with van der Waals surface area (Å²) in [7, 11) is 1.73. The second-order valence-electron chi connectivity index (χ2n) is 8.98. The van der Waals surface area contributed by atoms with Crippen LogP contribution >= 0.6 is 11.3 Å². The second kappa shape index (κ2) is 10.6. The summed E-state index contributed by atoms with van der Waals surface area (Å²) in [5.41, 5.74) is 3.75. The van der Waals surface area contributed by atoms with Crippen LogP contribution in [0.2, 0.25) is 0 Å². The predicted molar refractivity (Wildman–Crippen MR) is 142 cm³/mol. The lowest BCUT2D eigenvalue weighted by Gasteiger charge is -2.29. The Kier molecular flexibility index (Phi) is 7.06. The average Bonchev–Trinajstić information content (AvgIpc) is 3.59. The molecule has 4 aromatic rings. The zero-order valence-corrected chi connectivity index (χ0v) is 21.2. The van der Waals surface area contributed by atoms with Crippen molar-refractivity contribution in [2.45, 2.75) is 37.9 Å². The number of aromatic nitrogens is 2. The van der Waals surface area contributed by atoms with Gasteiger partial charge in [0.1, 0.15) is 21.4 Å². The van der Waals surface area contributed by atoms with Crippen molar-refractivity contribution >= 4 is 33.5 Å². The number of carbonyl (C=O) groups excluding carboxylic acids is 2. The van der Waals surface area contributed by atoms with E-state index in [-0.39, 0.29) is 17.9 Å². The van der Waals surface area contributed by atoms with E-state index >= 15 is 0 Å². The van der Waals surface area contributed by atoms with Crippen LogP contribution in [0.15, 0.2) is 72.9 Å². The summed E-state index contributed by atoms with van der Waals surface area (Å²) in [6.45, 7) is 2.40. The maximum Gasteiger partial charge on any atom is 0.250 e. The zero-order chi connectivity index (χ0) is 25.1. The van der Waals surface area contributed by atoms with Crippen LogP contribution < -0.4 is 10.6 Å². The van der Waals surface area contributed by atoms with Gasteiger partial charge in [-0.25, -0.2) is 9.97 Å². The Morgan fingerprint density at radius 3 is 2.50 bits per heavy atom. The van der Waals surface area contributed by atoms with Crippen LogP contribution in [0.1, 0.15) is 42.4 Å². The molecular formula is C28H29N5O2S. The summed E-state index contributed by atoms with van der Waals surface area (Å²) in [6.07, 6.45) is 3.52. The fraction of sp³-hybridized carbons (Fsp3) is 0.286. The highest BCUT2D eigenvalue weighted by atomic mass is 32.1. The summed E-state index contributed by atoms with van der Waals surface area (Å²) in [6, 6.07) is 20.3. The van der Waals surface area contributed by atoms with Gasteiger partial charge in [-0.1, -0.05) is 72.0 Å². The van der Waals surface area contributed by atoms with Gasteiger partial charge in [-0.2, -0.15) is 0 Å². The number of likely N-dealkylation sites (tertiary alicyclic amines) is 1. The third kappa shape index (κ3) is 4.74. The average molecular weight is 500 g/mol. The van der Waals surface area contributed by atoms with Crippen molar-refractivity contribution in [2.75, 3.05) is 13.6 Å². The summed E-state index contributed by atoms with van der Waals surface area (Å²) in [5.74, 6) is -0.331. The molecule has 3 heterocycles. The van der Waals surface area contributed by atoms with Crippen molar-refractivity contribution < 1.29 is 9.59 Å². The Labute approximate surface area is 214 Å². The molecule has 7 nitrogen and oxygen atoms in total. The fourth-order valence-electron chi connectivity index (χ4n) is 4.63. The van der Waals surface area contributed by atoms with Crippen LogP contribution in [0.5, 0.6) is 0 Å². The Hall–Kier alpha value is -3.62. The SMILES string of the molecule is CN[C@@H](C)C(=O)N[C@H](C(=O)N1CCC[C@H]1c1nc2c(-c3ccccc3)ccnc2s1)c1ccccc1. The molecule has 2 aromatic carbocycles. The number of benzene rings is 2. The molecule has 0 saturated carbocycles. The molecule has 36 heavy (non-hydrogen) atoms. The van der Waals surface area contributed by atoms with E-state index in [2.05, 4.69) is 27.8 Å². The molecule has 0 spiro atoms. The first-order valence-electron chi connectivity index (χ1n) is 12.2. The number of nitrogens with zero attached hydrogens (tertiary/aromatic N) is 3. The van der Waals surface area contributed by atoms with E-state index in [4.69, 9.17) is 4.98 Å². The third-order valence-corrected chi connectivity index (χ3v) is 7.78. The predicted octanol–water partition coefficient (Wildman–Crippen LogP) is 4.49. The fourth-order valence-corrected chi connectivity index (χ4v) is 5.71. The van der Waals surface area contributed by atoms with Gasteiger partial charge in [0.15, 0.2) is 0 Å². The molecule has 0 bridgehead atoms. The first-order chi connectivity index (χ1) is 17.6. The van der Waals surface area contributed by atoms with Crippen LogP contribution in [-0.2, 0) is 9.59 Å². The molecule has 2 aromatic heterocycles. The van der Waals surface area contributed by atoms with Crippen LogP contribution in [0, 0.1) is 0 Å². The van der Waals surface area contributed by atoms with Crippen molar-refractivity contribution in [1.29, 1.82) is 0 Å². The van der Waals surface area contributed by atoms with Gasteiger partial charge in [-0.3, -0.25) is 9.59 Å².